The fourth-order valence-electron chi connectivity index (χ4n) is 2.02. The van der Waals surface area contributed by atoms with E-state index >= 15 is 0 Å². The molecule has 1 aromatic heterocycles. The number of carbonyl (C=O) groups excluding carboxylic acids is 1. The number of unbranched alkanes of at least 4 members (excludes halogenated alkanes) is 1. The quantitative estimate of drug-likeness (QED) is 0.759. The molecule has 0 saturated carbocycles. The van der Waals surface area contributed by atoms with Crippen molar-refractivity contribution in [3.8, 4) is 0 Å². The first kappa shape index (κ1) is 16.8. The summed E-state index contributed by atoms with van der Waals surface area (Å²) in [6.07, 6.45) is 4.29. The van der Waals surface area contributed by atoms with Crippen LogP contribution >= 0.6 is 22.9 Å². The topological polar surface area (TPSA) is 54.0 Å². The van der Waals surface area contributed by atoms with Crippen molar-refractivity contribution < 1.29 is 4.79 Å². The average molecular weight is 338 g/mol. The van der Waals surface area contributed by atoms with Gasteiger partial charge in [0.05, 0.1) is 6.54 Å². The van der Waals surface area contributed by atoms with Crippen LogP contribution in [0, 0.1) is 6.92 Å². The summed E-state index contributed by atoms with van der Waals surface area (Å²) < 4.78 is 0.554. The van der Waals surface area contributed by atoms with E-state index in [2.05, 4.69) is 22.5 Å². The minimum absolute atomic E-state index is 0.0740. The van der Waals surface area contributed by atoms with Gasteiger partial charge >= 0.3 is 0 Å². The maximum atomic E-state index is 11.8. The van der Waals surface area contributed by atoms with E-state index in [1.165, 1.54) is 11.3 Å². The van der Waals surface area contributed by atoms with E-state index in [4.69, 9.17) is 11.6 Å². The number of carbonyl (C=O) groups is 1. The van der Waals surface area contributed by atoms with Gasteiger partial charge in [-0.25, -0.2) is 4.98 Å². The van der Waals surface area contributed by atoms with Gasteiger partial charge in [0.1, 0.15) is 0 Å². The van der Waals surface area contributed by atoms with Gasteiger partial charge in [-0.2, -0.15) is 0 Å². The fraction of sp³-hybridized carbons (Fsp3) is 0.375. The summed E-state index contributed by atoms with van der Waals surface area (Å²) in [6, 6.07) is 5.92. The van der Waals surface area contributed by atoms with E-state index in [9.17, 15) is 4.79 Å². The van der Waals surface area contributed by atoms with E-state index in [0.29, 0.717) is 17.4 Å². The Labute approximate surface area is 139 Å². The molecule has 6 heteroatoms. The monoisotopic (exact) mass is 337 g/mol. The molecule has 0 bridgehead atoms. The third kappa shape index (κ3) is 5.00. The number of anilines is 2. The van der Waals surface area contributed by atoms with Gasteiger partial charge in [0.15, 0.2) is 4.47 Å². The number of aryl methyl sites for hydroxylation is 1. The van der Waals surface area contributed by atoms with Gasteiger partial charge in [0.2, 0.25) is 5.91 Å². The van der Waals surface area contributed by atoms with E-state index < -0.39 is 0 Å². The van der Waals surface area contributed by atoms with Crippen molar-refractivity contribution in [3.63, 3.8) is 0 Å². The van der Waals surface area contributed by atoms with Crippen molar-refractivity contribution >= 4 is 40.2 Å². The second kappa shape index (κ2) is 8.15. The number of thiazole rings is 1. The van der Waals surface area contributed by atoms with Gasteiger partial charge in [0, 0.05) is 28.9 Å². The molecule has 2 aromatic rings. The highest BCUT2D eigenvalue weighted by Crippen LogP contribution is 2.22. The molecule has 0 fully saturated rings. The molecule has 22 heavy (non-hydrogen) atoms. The van der Waals surface area contributed by atoms with E-state index in [1.54, 1.807) is 6.20 Å². The number of amides is 1. The summed E-state index contributed by atoms with van der Waals surface area (Å²) in [5.74, 6) is 0.0740. The van der Waals surface area contributed by atoms with Crippen molar-refractivity contribution in [1.29, 1.82) is 0 Å². The second-order valence-corrected chi connectivity index (χ2v) is 6.81. The lowest BCUT2D eigenvalue weighted by Gasteiger charge is -2.11. The van der Waals surface area contributed by atoms with Gasteiger partial charge < -0.3 is 10.6 Å². The Morgan fingerprint density at radius 3 is 2.86 bits per heavy atom. The number of rotatable bonds is 7. The van der Waals surface area contributed by atoms with Crippen LogP contribution in [0.2, 0.25) is 4.47 Å². The maximum Gasteiger partial charge on any atom is 0.224 e. The SMILES string of the molecule is CCCCC(=O)Nc1ccc(NCc2cnc(Cl)s2)cc1C. The summed E-state index contributed by atoms with van der Waals surface area (Å²) in [7, 11) is 0. The maximum absolute atomic E-state index is 11.8. The van der Waals surface area contributed by atoms with Crippen molar-refractivity contribution in [3.05, 3.63) is 39.3 Å². The van der Waals surface area contributed by atoms with E-state index in [0.717, 1.165) is 34.7 Å². The van der Waals surface area contributed by atoms with Crippen LogP contribution in [0.5, 0.6) is 0 Å². The van der Waals surface area contributed by atoms with Crippen LogP contribution in [-0.4, -0.2) is 10.9 Å². The zero-order chi connectivity index (χ0) is 15.9. The van der Waals surface area contributed by atoms with E-state index in [-0.39, 0.29) is 5.91 Å². The summed E-state index contributed by atoms with van der Waals surface area (Å²) in [5.41, 5.74) is 2.92. The number of benzene rings is 1. The van der Waals surface area contributed by atoms with Crippen LogP contribution in [0.4, 0.5) is 11.4 Å². The molecular weight excluding hydrogens is 318 g/mol. The molecular formula is C16H20ClN3OS. The second-order valence-electron chi connectivity index (χ2n) is 5.11. The lowest BCUT2D eigenvalue weighted by molar-refractivity contribution is -0.116. The van der Waals surface area contributed by atoms with Crippen LogP contribution in [-0.2, 0) is 11.3 Å². The Kier molecular flexibility index (Phi) is 6.21. The Morgan fingerprint density at radius 1 is 1.41 bits per heavy atom. The molecule has 0 aliphatic rings. The highest BCUT2D eigenvalue weighted by atomic mass is 35.5. The lowest BCUT2D eigenvalue weighted by Crippen LogP contribution is -2.12. The number of hydrogen-bond acceptors (Lipinski definition) is 4. The standard InChI is InChI=1S/C16H20ClN3OS/c1-3-4-5-15(21)20-14-7-6-12(8-11(14)2)18-9-13-10-19-16(17)22-13/h6-8,10,18H,3-5,9H2,1-2H3,(H,20,21). The largest absolute Gasteiger partial charge is 0.380 e. The minimum Gasteiger partial charge on any atom is -0.380 e. The van der Waals surface area contributed by atoms with Gasteiger partial charge in [-0.05, 0) is 37.1 Å². The van der Waals surface area contributed by atoms with Crippen molar-refractivity contribution in [2.45, 2.75) is 39.7 Å². The molecule has 2 rings (SSSR count). The third-order valence-corrected chi connectivity index (χ3v) is 4.36. The first-order valence-corrected chi connectivity index (χ1v) is 8.52. The Bertz CT molecular complexity index is 642. The molecule has 0 spiro atoms. The zero-order valence-electron chi connectivity index (χ0n) is 12.8. The van der Waals surface area contributed by atoms with Crippen LogP contribution in [0.3, 0.4) is 0 Å². The summed E-state index contributed by atoms with van der Waals surface area (Å²) in [5, 5.41) is 6.29. The van der Waals surface area contributed by atoms with Crippen molar-refractivity contribution in [2.24, 2.45) is 0 Å². The number of nitrogens with one attached hydrogen (secondary N) is 2. The summed E-state index contributed by atoms with van der Waals surface area (Å²) in [4.78, 5) is 16.9. The smallest absolute Gasteiger partial charge is 0.224 e. The fourth-order valence-corrected chi connectivity index (χ4v) is 2.94. The molecule has 0 atom stereocenters. The molecule has 1 aromatic carbocycles. The highest BCUT2D eigenvalue weighted by Gasteiger charge is 2.05. The van der Waals surface area contributed by atoms with Crippen LogP contribution in [0.15, 0.2) is 24.4 Å². The molecule has 0 saturated heterocycles. The molecule has 0 aliphatic carbocycles. The normalized spacial score (nSPS) is 10.5. The molecule has 2 N–H and O–H groups in total. The average Bonchev–Trinajstić information content (AvgIpc) is 2.91. The summed E-state index contributed by atoms with van der Waals surface area (Å²) in [6.45, 7) is 4.76. The number of halogens is 1. The molecule has 0 radical (unpaired) electrons. The van der Waals surface area contributed by atoms with Crippen molar-refractivity contribution in [2.75, 3.05) is 10.6 Å². The Hall–Kier alpha value is -1.59. The molecule has 4 nitrogen and oxygen atoms in total. The number of nitrogens with zero attached hydrogens (tertiary/aromatic N) is 1. The van der Waals surface area contributed by atoms with E-state index in [1.807, 2.05) is 25.1 Å². The van der Waals surface area contributed by atoms with Crippen LogP contribution in [0.1, 0.15) is 36.6 Å². The number of hydrogen-bond donors (Lipinski definition) is 2. The van der Waals surface area contributed by atoms with Gasteiger partial charge in [0.25, 0.3) is 0 Å². The number of aromatic nitrogens is 1. The summed E-state index contributed by atoms with van der Waals surface area (Å²) >= 11 is 7.28. The lowest BCUT2D eigenvalue weighted by atomic mass is 10.1. The van der Waals surface area contributed by atoms with Crippen LogP contribution < -0.4 is 10.6 Å². The van der Waals surface area contributed by atoms with Crippen LogP contribution in [0.25, 0.3) is 0 Å². The molecule has 118 valence electrons. The third-order valence-electron chi connectivity index (χ3n) is 3.25. The van der Waals surface area contributed by atoms with Crippen molar-refractivity contribution in [1.82, 2.24) is 4.98 Å². The first-order chi connectivity index (χ1) is 10.6. The molecule has 1 heterocycles. The van der Waals surface area contributed by atoms with Gasteiger partial charge in [-0.15, -0.1) is 11.3 Å². The molecule has 1 amide bonds. The minimum atomic E-state index is 0.0740. The predicted molar refractivity (Wildman–Crippen MR) is 93.8 cm³/mol. The Balaban J connectivity index is 1.92. The highest BCUT2D eigenvalue weighted by molar-refractivity contribution is 7.15. The van der Waals surface area contributed by atoms with Gasteiger partial charge in [-0.3, -0.25) is 4.79 Å². The first-order valence-electron chi connectivity index (χ1n) is 7.33. The zero-order valence-corrected chi connectivity index (χ0v) is 14.4. The Morgan fingerprint density at radius 2 is 2.23 bits per heavy atom. The predicted octanol–water partition coefficient (Wildman–Crippen LogP) is 4.85. The van der Waals surface area contributed by atoms with Gasteiger partial charge in [-0.1, -0.05) is 24.9 Å². The molecule has 0 aliphatic heterocycles. The molecule has 0 unspecified atom stereocenters.